The number of imide groups is 1. The molecule has 0 spiro atoms. The SMILES string of the molecule is COc1c(C(=O)Nc2ccc(OCC#N)cc2)cc(N2C(=O)CCNC2=O)cc1C(C)(C)C. The third-order valence-corrected chi connectivity index (χ3v) is 5.07. The number of nitriles is 1. The number of hydrogen-bond acceptors (Lipinski definition) is 6. The van der Waals surface area contributed by atoms with Gasteiger partial charge in [-0.2, -0.15) is 5.26 Å². The van der Waals surface area contributed by atoms with E-state index in [1.54, 1.807) is 30.3 Å². The largest absolute Gasteiger partial charge is 0.496 e. The Morgan fingerprint density at radius 1 is 1.21 bits per heavy atom. The van der Waals surface area contributed by atoms with Crippen molar-refractivity contribution in [2.45, 2.75) is 32.6 Å². The van der Waals surface area contributed by atoms with Gasteiger partial charge in [0.25, 0.3) is 5.91 Å². The summed E-state index contributed by atoms with van der Waals surface area (Å²) < 4.78 is 10.8. The van der Waals surface area contributed by atoms with Crippen LogP contribution in [0.3, 0.4) is 0 Å². The number of amides is 4. The summed E-state index contributed by atoms with van der Waals surface area (Å²) in [5, 5.41) is 14.1. The molecule has 9 nitrogen and oxygen atoms in total. The van der Waals surface area contributed by atoms with Gasteiger partial charge in [0.1, 0.15) is 17.6 Å². The molecule has 0 saturated carbocycles. The predicted molar refractivity (Wildman–Crippen MR) is 123 cm³/mol. The fourth-order valence-corrected chi connectivity index (χ4v) is 3.48. The highest BCUT2D eigenvalue weighted by molar-refractivity contribution is 6.17. The minimum Gasteiger partial charge on any atom is -0.496 e. The highest BCUT2D eigenvalue weighted by Gasteiger charge is 2.32. The van der Waals surface area contributed by atoms with Crippen molar-refractivity contribution in [1.29, 1.82) is 5.26 Å². The minimum absolute atomic E-state index is 0.0753. The molecule has 9 heteroatoms. The van der Waals surface area contributed by atoms with E-state index >= 15 is 0 Å². The molecule has 2 aromatic carbocycles. The molecule has 0 aromatic heterocycles. The molecule has 1 saturated heterocycles. The van der Waals surface area contributed by atoms with Gasteiger partial charge in [0.2, 0.25) is 5.91 Å². The highest BCUT2D eigenvalue weighted by atomic mass is 16.5. The van der Waals surface area contributed by atoms with Gasteiger partial charge in [-0.3, -0.25) is 9.59 Å². The average molecular weight is 450 g/mol. The van der Waals surface area contributed by atoms with Crippen molar-refractivity contribution >= 4 is 29.2 Å². The summed E-state index contributed by atoms with van der Waals surface area (Å²) in [5.74, 6) is 0.0548. The van der Waals surface area contributed by atoms with E-state index in [2.05, 4.69) is 10.6 Å². The predicted octanol–water partition coefficient (Wildman–Crippen LogP) is 3.59. The first-order valence-corrected chi connectivity index (χ1v) is 10.4. The van der Waals surface area contributed by atoms with Gasteiger partial charge >= 0.3 is 6.03 Å². The van der Waals surface area contributed by atoms with Crippen molar-refractivity contribution in [1.82, 2.24) is 5.32 Å². The van der Waals surface area contributed by atoms with Crippen LogP contribution in [0.5, 0.6) is 11.5 Å². The first-order chi connectivity index (χ1) is 15.7. The number of nitrogens with zero attached hydrogens (tertiary/aromatic N) is 2. The van der Waals surface area contributed by atoms with Crippen LogP contribution in [0.15, 0.2) is 36.4 Å². The molecule has 0 unspecified atom stereocenters. The van der Waals surface area contributed by atoms with E-state index in [1.165, 1.54) is 13.2 Å². The van der Waals surface area contributed by atoms with Crippen molar-refractivity contribution < 1.29 is 23.9 Å². The first-order valence-electron chi connectivity index (χ1n) is 10.4. The fraction of sp³-hybridized carbons (Fsp3) is 0.333. The van der Waals surface area contributed by atoms with Crippen LogP contribution in [0.25, 0.3) is 0 Å². The Labute approximate surface area is 192 Å². The summed E-state index contributed by atoms with van der Waals surface area (Å²) in [5.41, 5.74) is 1.23. The molecule has 2 aromatic rings. The highest BCUT2D eigenvalue weighted by Crippen LogP contribution is 2.38. The molecular formula is C24H26N4O5. The normalized spacial score (nSPS) is 13.7. The lowest BCUT2D eigenvalue weighted by atomic mass is 9.84. The molecule has 1 heterocycles. The molecule has 0 bridgehead atoms. The Hall–Kier alpha value is -4.06. The van der Waals surface area contributed by atoms with E-state index in [0.29, 0.717) is 28.4 Å². The summed E-state index contributed by atoms with van der Waals surface area (Å²) in [4.78, 5) is 39.2. The van der Waals surface area contributed by atoms with Crippen LogP contribution in [-0.4, -0.2) is 38.1 Å². The lowest BCUT2D eigenvalue weighted by Gasteiger charge is -2.30. The molecule has 3 rings (SSSR count). The zero-order valence-corrected chi connectivity index (χ0v) is 19.0. The topological polar surface area (TPSA) is 121 Å². The molecule has 1 fully saturated rings. The molecule has 0 atom stereocenters. The monoisotopic (exact) mass is 450 g/mol. The first kappa shape index (κ1) is 23.6. The number of carbonyl (C=O) groups excluding carboxylic acids is 3. The smallest absolute Gasteiger partial charge is 0.328 e. The maximum Gasteiger partial charge on any atom is 0.328 e. The minimum atomic E-state index is -0.532. The van der Waals surface area contributed by atoms with Crippen LogP contribution < -0.4 is 25.0 Å². The van der Waals surface area contributed by atoms with Crippen LogP contribution in [0, 0.1) is 11.3 Å². The van der Waals surface area contributed by atoms with Gasteiger partial charge in [0, 0.05) is 24.2 Å². The Kier molecular flexibility index (Phi) is 6.87. The van der Waals surface area contributed by atoms with Gasteiger partial charge in [0.15, 0.2) is 6.61 Å². The Morgan fingerprint density at radius 2 is 1.91 bits per heavy atom. The van der Waals surface area contributed by atoms with Gasteiger partial charge in [-0.15, -0.1) is 0 Å². The van der Waals surface area contributed by atoms with Crippen molar-refractivity contribution in [3.05, 3.63) is 47.5 Å². The summed E-state index contributed by atoms with van der Waals surface area (Å²) in [6, 6.07) is 11.1. The van der Waals surface area contributed by atoms with Crippen LogP contribution in [0.2, 0.25) is 0 Å². The molecule has 33 heavy (non-hydrogen) atoms. The second-order valence-electron chi connectivity index (χ2n) is 8.46. The number of carbonyl (C=O) groups is 3. The van der Waals surface area contributed by atoms with E-state index in [9.17, 15) is 14.4 Å². The summed E-state index contributed by atoms with van der Waals surface area (Å²) in [7, 11) is 1.47. The standard InChI is InChI=1S/C24H26N4O5/c1-24(2,3)19-14-16(28-20(29)9-11-26-23(28)31)13-18(21(19)32-4)22(30)27-15-5-7-17(8-6-15)33-12-10-25/h5-8,13-14H,9,11-12H2,1-4H3,(H,26,31)(H,27,30). The molecule has 172 valence electrons. The fourth-order valence-electron chi connectivity index (χ4n) is 3.48. The number of nitrogens with one attached hydrogen (secondary N) is 2. The Balaban J connectivity index is 2.02. The van der Waals surface area contributed by atoms with E-state index < -0.39 is 17.4 Å². The van der Waals surface area contributed by atoms with Gasteiger partial charge in [-0.25, -0.2) is 9.69 Å². The van der Waals surface area contributed by atoms with Gasteiger partial charge < -0.3 is 20.1 Å². The van der Waals surface area contributed by atoms with Crippen LogP contribution in [-0.2, 0) is 10.2 Å². The summed E-state index contributed by atoms with van der Waals surface area (Å²) >= 11 is 0. The third kappa shape index (κ3) is 5.23. The van der Waals surface area contributed by atoms with Gasteiger partial charge in [-0.05, 0) is 41.8 Å². The molecule has 4 amide bonds. The maximum atomic E-state index is 13.3. The second-order valence-corrected chi connectivity index (χ2v) is 8.46. The van der Waals surface area contributed by atoms with Crippen molar-refractivity contribution in [3.8, 4) is 17.6 Å². The lowest BCUT2D eigenvalue weighted by Crippen LogP contribution is -2.50. The summed E-state index contributed by atoms with van der Waals surface area (Å²) in [6.07, 6.45) is 0.171. The lowest BCUT2D eigenvalue weighted by molar-refractivity contribution is -0.118. The van der Waals surface area contributed by atoms with Crippen LogP contribution in [0.4, 0.5) is 16.2 Å². The zero-order valence-electron chi connectivity index (χ0n) is 19.0. The average Bonchev–Trinajstić information content (AvgIpc) is 2.77. The number of benzene rings is 2. The van der Waals surface area contributed by atoms with Crippen molar-refractivity contribution in [3.63, 3.8) is 0 Å². The number of urea groups is 1. The van der Waals surface area contributed by atoms with E-state index in [0.717, 1.165) is 4.90 Å². The maximum absolute atomic E-state index is 13.3. The van der Waals surface area contributed by atoms with Crippen molar-refractivity contribution in [2.24, 2.45) is 0 Å². The van der Waals surface area contributed by atoms with Crippen molar-refractivity contribution in [2.75, 3.05) is 30.5 Å². The number of hydrogen-bond donors (Lipinski definition) is 2. The van der Waals surface area contributed by atoms with Gasteiger partial charge in [0.05, 0.1) is 18.4 Å². The molecule has 1 aliphatic heterocycles. The molecule has 1 aliphatic rings. The zero-order chi connectivity index (χ0) is 24.2. The third-order valence-electron chi connectivity index (χ3n) is 5.07. The molecule has 0 aliphatic carbocycles. The molecular weight excluding hydrogens is 424 g/mol. The summed E-state index contributed by atoms with van der Waals surface area (Å²) in [6.45, 7) is 6.06. The number of anilines is 2. The number of methoxy groups -OCH3 is 1. The van der Waals surface area contributed by atoms with E-state index in [-0.39, 0.29) is 31.0 Å². The quantitative estimate of drug-likeness (QED) is 0.694. The molecule has 0 radical (unpaired) electrons. The van der Waals surface area contributed by atoms with Gasteiger partial charge in [-0.1, -0.05) is 20.8 Å². The van der Waals surface area contributed by atoms with Crippen LogP contribution >= 0.6 is 0 Å². The van der Waals surface area contributed by atoms with E-state index in [1.807, 2.05) is 26.8 Å². The number of ether oxygens (including phenoxy) is 2. The Bertz CT molecular complexity index is 1100. The van der Waals surface area contributed by atoms with E-state index in [4.69, 9.17) is 14.7 Å². The van der Waals surface area contributed by atoms with Crippen LogP contribution in [0.1, 0.15) is 43.1 Å². The Morgan fingerprint density at radius 3 is 2.48 bits per heavy atom. The number of rotatable bonds is 6. The second kappa shape index (κ2) is 9.61. The molecule has 2 N–H and O–H groups in total.